The maximum atomic E-state index is 12.4. The molecule has 2 N–H and O–H groups in total. The van der Waals surface area contributed by atoms with Gasteiger partial charge in [0.05, 0.1) is 12.8 Å². The lowest BCUT2D eigenvalue weighted by atomic mass is 10.1. The second kappa shape index (κ2) is 7.53. The molecule has 1 unspecified atom stereocenters. The minimum Gasteiger partial charge on any atom is -0.497 e. The average molecular weight is 362 g/mol. The molecule has 0 spiro atoms. The van der Waals surface area contributed by atoms with Crippen LogP contribution >= 0.6 is 0 Å². The Bertz CT molecular complexity index is 905. The summed E-state index contributed by atoms with van der Waals surface area (Å²) in [4.78, 5) is 14.6. The van der Waals surface area contributed by atoms with E-state index >= 15 is 0 Å². The van der Waals surface area contributed by atoms with Crippen LogP contribution < -0.4 is 15.0 Å². The Hall–Kier alpha value is -3.28. The average Bonchev–Trinajstić information content (AvgIpc) is 3.38. The summed E-state index contributed by atoms with van der Waals surface area (Å²) in [5.41, 5.74) is 2.75. The standard InChI is InChI=1S/C21H22N4O2/c1-27-18-9-7-16(8-10-18)21(26)22-17-11-12-25(14-17)20-13-19(23-24-20)15-5-3-2-4-6-15/h2-10,13,17H,11-12,14H2,1H3,(H,22,26)(H,23,24). The molecular weight excluding hydrogens is 340 g/mol. The van der Waals surface area contributed by atoms with Crippen molar-refractivity contribution < 1.29 is 9.53 Å². The minimum atomic E-state index is -0.0588. The van der Waals surface area contributed by atoms with E-state index in [0.29, 0.717) is 5.56 Å². The molecule has 1 atom stereocenters. The Morgan fingerprint density at radius 1 is 1.19 bits per heavy atom. The third-order valence-electron chi connectivity index (χ3n) is 4.85. The van der Waals surface area contributed by atoms with E-state index in [-0.39, 0.29) is 11.9 Å². The summed E-state index contributed by atoms with van der Waals surface area (Å²) in [6, 6.07) is 19.4. The van der Waals surface area contributed by atoms with Crippen LogP contribution in [-0.4, -0.2) is 42.3 Å². The van der Waals surface area contributed by atoms with Gasteiger partial charge in [-0.15, -0.1) is 0 Å². The fraction of sp³-hybridized carbons (Fsp3) is 0.238. The quantitative estimate of drug-likeness (QED) is 0.732. The summed E-state index contributed by atoms with van der Waals surface area (Å²) >= 11 is 0. The summed E-state index contributed by atoms with van der Waals surface area (Å²) in [5.74, 6) is 1.60. The number of hydrogen-bond donors (Lipinski definition) is 2. The predicted molar refractivity (Wildman–Crippen MR) is 105 cm³/mol. The number of aromatic nitrogens is 2. The fourth-order valence-electron chi connectivity index (χ4n) is 3.34. The molecule has 0 bridgehead atoms. The van der Waals surface area contributed by atoms with Gasteiger partial charge in [0, 0.05) is 30.8 Å². The molecule has 4 rings (SSSR count). The number of methoxy groups -OCH3 is 1. The summed E-state index contributed by atoms with van der Waals surface area (Å²) in [6.07, 6.45) is 0.898. The number of aromatic amines is 1. The summed E-state index contributed by atoms with van der Waals surface area (Å²) in [6.45, 7) is 1.62. The molecule has 3 aromatic rings. The van der Waals surface area contributed by atoms with Crippen molar-refractivity contribution in [2.24, 2.45) is 0 Å². The number of hydrogen-bond acceptors (Lipinski definition) is 4. The number of benzene rings is 2. The zero-order valence-electron chi connectivity index (χ0n) is 15.2. The Morgan fingerprint density at radius 2 is 1.96 bits per heavy atom. The summed E-state index contributed by atoms with van der Waals surface area (Å²) in [7, 11) is 1.61. The van der Waals surface area contributed by atoms with Gasteiger partial charge in [-0.3, -0.25) is 9.89 Å². The van der Waals surface area contributed by atoms with Crippen molar-refractivity contribution in [1.82, 2.24) is 15.5 Å². The van der Waals surface area contributed by atoms with Gasteiger partial charge in [-0.25, -0.2) is 0 Å². The van der Waals surface area contributed by atoms with Crippen molar-refractivity contribution in [2.75, 3.05) is 25.1 Å². The number of nitrogens with one attached hydrogen (secondary N) is 2. The number of carbonyl (C=O) groups is 1. The molecule has 1 amide bonds. The number of nitrogens with zero attached hydrogens (tertiary/aromatic N) is 2. The lowest BCUT2D eigenvalue weighted by molar-refractivity contribution is 0.0940. The first-order chi connectivity index (χ1) is 13.2. The van der Waals surface area contributed by atoms with Crippen LogP contribution in [-0.2, 0) is 0 Å². The van der Waals surface area contributed by atoms with Gasteiger partial charge in [-0.2, -0.15) is 5.10 Å². The third-order valence-corrected chi connectivity index (χ3v) is 4.85. The molecule has 0 saturated carbocycles. The first-order valence-electron chi connectivity index (χ1n) is 9.03. The van der Waals surface area contributed by atoms with E-state index < -0.39 is 0 Å². The number of ether oxygens (including phenoxy) is 1. The van der Waals surface area contributed by atoms with Crippen molar-refractivity contribution in [3.63, 3.8) is 0 Å². The molecule has 2 heterocycles. The second-order valence-corrected chi connectivity index (χ2v) is 6.64. The topological polar surface area (TPSA) is 70.2 Å². The van der Waals surface area contributed by atoms with E-state index in [1.807, 2.05) is 18.2 Å². The molecule has 1 aromatic heterocycles. The number of anilines is 1. The Balaban J connectivity index is 1.37. The van der Waals surface area contributed by atoms with Gasteiger partial charge in [0.25, 0.3) is 5.91 Å². The van der Waals surface area contributed by atoms with Crippen LogP contribution in [0.4, 0.5) is 5.82 Å². The molecule has 6 heteroatoms. The van der Waals surface area contributed by atoms with Crippen molar-refractivity contribution >= 4 is 11.7 Å². The molecule has 2 aromatic carbocycles. The molecule has 138 valence electrons. The minimum absolute atomic E-state index is 0.0588. The number of carbonyl (C=O) groups excluding carboxylic acids is 1. The third kappa shape index (κ3) is 3.79. The lowest BCUT2D eigenvalue weighted by Crippen LogP contribution is -2.37. The number of amides is 1. The monoisotopic (exact) mass is 362 g/mol. The highest BCUT2D eigenvalue weighted by atomic mass is 16.5. The highest BCUT2D eigenvalue weighted by Gasteiger charge is 2.26. The fourth-order valence-corrected chi connectivity index (χ4v) is 3.34. The van der Waals surface area contributed by atoms with Gasteiger partial charge >= 0.3 is 0 Å². The Morgan fingerprint density at radius 3 is 2.70 bits per heavy atom. The van der Waals surface area contributed by atoms with Crippen molar-refractivity contribution in [3.8, 4) is 17.0 Å². The number of H-pyrrole nitrogens is 1. The zero-order chi connectivity index (χ0) is 18.6. The van der Waals surface area contributed by atoms with Crippen molar-refractivity contribution in [3.05, 3.63) is 66.2 Å². The highest BCUT2D eigenvalue weighted by Crippen LogP contribution is 2.24. The maximum absolute atomic E-state index is 12.4. The van der Waals surface area contributed by atoms with E-state index in [4.69, 9.17) is 4.74 Å². The summed E-state index contributed by atoms with van der Waals surface area (Å²) in [5, 5.41) is 10.7. The van der Waals surface area contributed by atoms with Crippen LogP contribution in [0.5, 0.6) is 5.75 Å². The SMILES string of the molecule is COc1ccc(C(=O)NC2CCN(c3cc(-c4ccccc4)[nH]n3)C2)cc1. The molecule has 0 aliphatic carbocycles. The van der Waals surface area contributed by atoms with Crippen LogP contribution in [0.15, 0.2) is 60.7 Å². The normalized spacial score (nSPS) is 16.3. The molecule has 0 radical (unpaired) electrons. The predicted octanol–water partition coefficient (Wildman–Crippen LogP) is 3.09. The highest BCUT2D eigenvalue weighted by molar-refractivity contribution is 5.94. The maximum Gasteiger partial charge on any atom is 0.251 e. The van der Waals surface area contributed by atoms with Crippen LogP contribution in [0.3, 0.4) is 0 Å². The van der Waals surface area contributed by atoms with Gasteiger partial charge in [0.15, 0.2) is 5.82 Å². The smallest absolute Gasteiger partial charge is 0.251 e. The second-order valence-electron chi connectivity index (χ2n) is 6.64. The van der Waals surface area contributed by atoms with Crippen LogP contribution in [0.25, 0.3) is 11.3 Å². The van der Waals surface area contributed by atoms with E-state index in [0.717, 1.165) is 42.3 Å². The lowest BCUT2D eigenvalue weighted by Gasteiger charge is -2.16. The van der Waals surface area contributed by atoms with Crippen LogP contribution in [0.1, 0.15) is 16.8 Å². The van der Waals surface area contributed by atoms with Gasteiger partial charge in [-0.1, -0.05) is 30.3 Å². The van der Waals surface area contributed by atoms with E-state index in [1.165, 1.54) is 0 Å². The largest absolute Gasteiger partial charge is 0.497 e. The molecule has 1 fully saturated rings. The molecular formula is C21H22N4O2. The zero-order valence-corrected chi connectivity index (χ0v) is 15.2. The van der Waals surface area contributed by atoms with Gasteiger partial charge in [0.2, 0.25) is 0 Å². The molecule has 1 saturated heterocycles. The molecule has 27 heavy (non-hydrogen) atoms. The Labute approximate surface area is 158 Å². The van der Waals surface area contributed by atoms with E-state index in [1.54, 1.807) is 31.4 Å². The van der Waals surface area contributed by atoms with Crippen molar-refractivity contribution in [2.45, 2.75) is 12.5 Å². The van der Waals surface area contributed by atoms with Crippen molar-refractivity contribution in [1.29, 1.82) is 0 Å². The van der Waals surface area contributed by atoms with E-state index in [9.17, 15) is 4.79 Å². The van der Waals surface area contributed by atoms with Crippen LogP contribution in [0.2, 0.25) is 0 Å². The first-order valence-corrected chi connectivity index (χ1v) is 9.03. The summed E-state index contributed by atoms with van der Waals surface area (Å²) < 4.78 is 5.13. The molecule has 6 nitrogen and oxygen atoms in total. The van der Waals surface area contributed by atoms with Crippen LogP contribution in [0, 0.1) is 0 Å². The van der Waals surface area contributed by atoms with Gasteiger partial charge < -0.3 is 15.0 Å². The molecule has 1 aliphatic heterocycles. The van der Waals surface area contributed by atoms with Gasteiger partial charge in [0.1, 0.15) is 5.75 Å². The Kier molecular flexibility index (Phi) is 4.78. The van der Waals surface area contributed by atoms with E-state index in [2.05, 4.69) is 38.6 Å². The molecule has 1 aliphatic rings. The number of rotatable bonds is 5. The van der Waals surface area contributed by atoms with Gasteiger partial charge in [-0.05, 0) is 36.2 Å². The first kappa shape index (κ1) is 17.1.